The minimum absolute atomic E-state index is 0.0331. The van der Waals surface area contributed by atoms with E-state index in [9.17, 15) is 13.2 Å². The summed E-state index contributed by atoms with van der Waals surface area (Å²) >= 11 is 1.61. The molecular weight excluding hydrogens is 237 g/mol. The summed E-state index contributed by atoms with van der Waals surface area (Å²) in [5.41, 5.74) is 2.44. The fourth-order valence-electron chi connectivity index (χ4n) is 1.42. The number of hydrogen-bond acceptors (Lipinski definition) is 3. The van der Waals surface area contributed by atoms with Crippen molar-refractivity contribution in [3.8, 4) is 0 Å². The third-order valence-electron chi connectivity index (χ3n) is 2.33. The SMILES string of the molecule is NNC(CCc1cccs1)CCC(F)(F)F. The van der Waals surface area contributed by atoms with Crippen molar-refractivity contribution in [3.63, 3.8) is 0 Å². The Bertz CT molecular complexity index is 285. The first-order valence-corrected chi connectivity index (χ1v) is 5.94. The second-order valence-electron chi connectivity index (χ2n) is 3.64. The number of thiophene rings is 1. The molecule has 0 aliphatic rings. The molecule has 3 N–H and O–H groups in total. The largest absolute Gasteiger partial charge is 0.389 e. The zero-order chi connectivity index (χ0) is 12.0. The first kappa shape index (κ1) is 13.5. The number of nitrogens with one attached hydrogen (secondary N) is 1. The Morgan fingerprint density at radius 2 is 2.12 bits per heavy atom. The number of rotatable bonds is 6. The fraction of sp³-hybridized carbons (Fsp3) is 0.600. The van der Waals surface area contributed by atoms with E-state index in [-0.39, 0.29) is 12.5 Å². The van der Waals surface area contributed by atoms with E-state index in [1.165, 1.54) is 4.88 Å². The molecule has 0 saturated heterocycles. The molecule has 0 aliphatic heterocycles. The Labute approximate surface area is 96.6 Å². The Hall–Kier alpha value is -0.590. The highest BCUT2D eigenvalue weighted by Crippen LogP contribution is 2.23. The molecule has 16 heavy (non-hydrogen) atoms. The molecule has 1 heterocycles. The summed E-state index contributed by atoms with van der Waals surface area (Å²) in [6.07, 6.45) is -3.45. The third-order valence-corrected chi connectivity index (χ3v) is 3.27. The van der Waals surface area contributed by atoms with Gasteiger partial charge in [0.15, 0.2) is 0 Å². The molecule has 1 unspecified atom stereocenters. The maximum atomic E-state index is 12.0. The Balaban J connectivity index is 2.27. The molecule has 92 valence electrons. The van der Waals surface area contributed by atoms with Gasteiger partial charge in [0.25, 0.3) is 0 Å². The molecule has 0 aliphatic carbocycles. The van der Waals surface area contributed by atoms with E-state index in [1.807, 2.05) is 17.5 Å². The molecular formula is C10H15F3N2S. The second kappa shape index (κ2) is 6.22. The van der Waals surface area contributed by atoms with Gasteiger partial charge >= 0.3 is 6.18 Å². The summed E-state index contributed by atoms with van der Waals surface area (Å²) in [5.74, 6) is 5.23. The molecule has 1 aromatic heterocycles. The predicted octanol–water partition coefficient (Wildman–Crippen LogP) is 2.86. The van der Waals surface area contributed by atoms with E-state index >= 15 is 0 Å². The monoisotopic (exact) mass is 252 g/mol. The quantitative estimate of drug-likeness (QED) is 0.603. The summed E-state index contributed by atoms with van der Waals surface area (Å²) in [5, 5.41) is 1.95. The van der Waals surface area contributed by atoms with Crippen LogP contribution < -0.4 is 11.3 Å². The Morgan fingerprint density at radius 1 is 1.38 bits per heavy atom. The van der Waals surface area contributed by atoms with E-state index < -0.39 is 12.6 Å². The highest BCUT2D eigenvalue weighted by atomic mass is 32.1. The standard InChI is InChI=1S/C10H15F3N2S/c11-10(12,13)6-5-8(15-14)3-4-9-2-1-7-16-9/h1-2,7-8,15H,3-6,14H2. The van der Waals surface area contributed by atoms with Crippen molar-refractivity contribution < 1.29 is 13.2 Å². The highest BCUT2D eigenvalue weighted by molar-refractivity contribution is 7.09. The molecule has 0 radical (unpaired) electrons. The van der Waals surface area contributed by atoms with Gasteiger partial charge in [0, 0.05) is 17.3 Å². The summed E-state index contributed by atoms with van der Waals surface area (Å²) < 4.78 is 36.0. The number of aryl methyl sites for hydroxylation is 1. The number of hydrogen-bond donors (Lipinski definition) is 2. The summed E-state index contributed by atoms with van der Waals surface area (Å²) in [7, 11) is 0. The van der Waals surface area contributed by atoms with Gasteiger partial charge in [-0.05, 0) is 30.7 Å². The summed E-state index contributed by atoms with van der Waals surface area (Å²) in [6, 6.07) is 3.63. The molecule has 0 aromatic carbocycles. The van der Waals surface area contributed by atoms with Crippen molar-refractivity contribution in [3.05, 3.63) is 22.4 Å². The maximum Gasteiger partial charge on any atom is 0.389 e. The van der Waals surface area contributed by atoms with Crippen LogP contribution in [0, 0.1) is 0 Å². The molecule has 0 saturated carbocycles. The van der Waals surface area contributed by atoms with Crippen LogP contribution in [0.5, 0.6) is 0 Å². The molecule has 6 heteroatoms. The van der Waals surface area contributed by atoms with Crippen LogP contribution in [0.4, 0.5) is 13.2 Å². The van der Waals surface area contributed by atoms with Crippen LogP contribution in [-0.2, 0) is 6.42 Å². The minimum Gasteiger partial charge on any atom is -0.271 e. The number of alkyl halides is 3. The van der Waals surface area contributed by atoms with Gasteiger partial charge in [0.1, 0.15) is 0 Å². The Morgan fingerprint density at radius 3 is 2.62 bits per heavy atom. The van der Waals surface area contributed by atoms with Crippen molar-refractivity contribution in [1.82, 2.24) is 5.43 Å². The van der Waals surface area contributed by atoms with Gasteiger partial charge in [0.05, 0.1) is 0 Å². The lowest BCUT2D eigenvalue weighted by Crippen LogP contribution is -2.36. The van der Waals surface area contributed by atoms with Crippen molar-refractivity contribution in [2.45, 2.75) is 37.9 Å². The highest BCUT2D eigenvalue weighted by Gasteiger charge is 2.27. The molecule has 0 fully saturated rings. The number of hydrazine groups is 1. The molecule has 1 rings (SSSR count). The van der Waals surface area contributed by atoms with E-state index in [1.54, 1.807) is 11.3 Å². The summed E-state index contributed by atoms with van der Waals surface area (Å²) in [6.45, 7) is 0. The summed E-state index contributed by atoms with van der Waals surface area (Å²) in [4.78, 5) is 1.17. The lowest BCUT2D eigenvalue weighted by Gasteiger charge is -2.16. The normalized spacial score (nSPS) is 14.0. The topological polar surface area (TPSA) is 38.0 Å². The van der Waals surface area contributed by atoms with E-state index in [4.69, 9.17) is 5.84 Å². The lowest BCUT2D eigenvalue weighted by molar-refractivity contribution is -0.136. The first-order chi connectivity index (χ1) is 7.51. The average molecular weight is 252 g/mol. The predicted molar refractivity (Wildman–Crippen MR) is 59.0 cm³/mol. The van der Waals surface area contributed by atoms with Crippen LogP contribution in [-0.4, -0.2) is 12.2 Å². The van der Waals surface area contributed by atoms with Crippen molar-refractivity contribution in [2.24, 2.45) is 5.84 Å². The van der Waals surface area contributed by atoms with E-state index in [0.29, 0.717) is 6.42 Å². The van der Waals surface area contributed by atoms with E-state index in [0.717, 1.165) is 6.42 Å². The van der Waals surface area contributed by atoms with Crippen molar-refractivity contribution in [1.29, 1.82) is 0 Å². The third kappa shape index (κ3) is 5.48. The van der Waals surface area contributed by atoms with Gasteiger partial charge in [0.2, 0.25) is 0 Å². The molecule has 0 bridgehead atoms. The molecule has 0 amide bonds. The van der Waals surface area contributed by atoms with Crippen LogP contribution in [0.1, 0.15) is 24.1 Å². The van der Waals surface area contributed by atoms with Gasteiger partial charge in [-0.1, -0.05) is 6.07 Å². The maximum absolute atomic E-state index is 12.0. The van der Waals surface area contributed by atoms with Crippen LogP contribution in [0.3, 0.4) is 0 Å². The molecule has 0 spiro atoms. The van der Waals surface area contributed by atoms with Gasteiger partial charge in [-0.15, -0.1) is 11.3 Å². The fourth-order valence-corrected chi connectivity index (χ4v) is 2.14. The minimum atomic E-state index is -4.10. The number of nitrogens with two attached hydrogens (primary N) is 1. The number of halogens is 3. The average Bonchev–Trinajstić information content (AvgIpc) is 2.69. The molecule has 2 nitrogen and oxygen atoms in total. The van der Waals surface area contributed by atoms with Gasteiger partial charge in [-0.2, -0.15) is 13.2 Å². The Kier molecular flexibility index (Phi) is 5.24. The van der Waals surface area contributed by atoms with Gasteiger partial charge < -0.3 is 0 Å². The van der Waals surface area contributed by atoms with E-state index in [2.05, 4.69) is 5.43 Å². The van der Waals surface area contributed by atoms with Crippen LogP contribution in [0.15, 0.2) is 17.5 Å². The second-order valence-corrected chi connectivity index (χ2v) is 4.67. The van der Waals surface area contributed by atoms with Gasteiger partial charge in [-0.25, -0.2) is 0 Å². The zero-order valence-corrected chi connectivity index (χ0v) is 9.57. The van der Waals surface area contributed by atoms with Crippen LogP contribution in [0.25, 0.3) is 0 Å². The van der Waals surface area contributed by atoms with Crippen LogP contribution in [0.2, 0.25) is 0 Å². The zero-order valence-electron chi connectivity index (χ0n) is 8.76. The van der Waals surface area contributed by atoms with Crippen molar-refractivity contribution >= 4 is 11.3 Å². The molecule has 1 atom stereocenters. The first-order valence-electron chi connectivity index (χ1n) is 5.06. The van der Waals surface area contributed by atoms with Gasteiger partial charge in [-0.3, -0.25) is 11.3 Å². The lowest BCUT2D eigenvalue weighted by atomic mass is 10.1. The van der Waals surface area contributed by atoms with Crippen molar-refractivity contribution in [2.75, 3.05) is 0 Å². The van der Waals surface area contributed by atoms with Crippen LogP contribution >= 0.6 is 11.3 Å². The molecule has 1 aromatic rings. The smallest absolute Gasteiger partial charge is 0.271 e.